The molecule has 0 aliphatic rings. The van der Waals surface area contributed by atoms with Crippen LogP contribution in [0.2, 0.25) is 0 Å². The van der Waals surface area contributed by atoms with Crippen molar-refractivity contribution < 1.29 is 4.42 Å². The minimum absolute atomic E-state index is 0.850. The lowest BCUT2D eigenvalue weighted by Crippen LogP contribution is -1.98. The fourth-order valence-corrected chi connectivity index (χ4v) is 7.29. The maximum absolute atomic E-state index is 6.77. The Labute approximate surface area is 270 Å². The Hall–Kier alpha value is -6.39. The summed E-state index contributed by atoms with van der Waals surface area (Å²) in [5.74, 6) is 0.907. The van der Waals surface area contributed by atoms with Crippen molar-refractivity contribution in [2.24, 2.45) is 0 Å². The van der Waals surface area contributed by atoms with Crippen LogP contribution in [-0.2, 0) is 0 Å². The summed E-state index contributed by atoms with van der Waals surface area (Å²) in [7, 11) is 0. The van der Waals surface area contributed by atoms with Gasteiger partial charge in [-0.3, -0.25) is 4.57 Å². The molecule has 47 heavy (non-hydrogen) atoms. The van der Waals surface area contributed by atoms with Crippen LogP contribution in [0.4, 0.5) is 0 Å². The molecule has 0 spiro atoms. The number of hydrogen-bond acceptors (Lipinski definition) is 2. The maximum atomic E-state index is 6.77. The van der Waals surface area contributed by atoms with Gasteiger partial charge in [0, 0.05) is 33.0 Å². The van der Waals surface area contributed by atoms with Gasteiger partial charge in [0.15, 0.2) is 0 Å². The third kappa shape index (κ3) is 3.85. The summed E-state index contributed by atoms with van der Waals surface area (Å²) in [5, 5.41) is 4.60. The van der Waals surface area contributed by atoms with Crippen molar-refractivity contribution in [3.63, 3.8) is 0 Å². The molecule has 0 radical (unpaired) electrons. The topological polar surface area (TPSA) is 35.9 Å². The van der Waals surface area contributed by atoms with E-state index in [2.05, 4.69) is 161 Å². The predicted octanol–water partition coefficient (Wildman–Crippen LogP) is 11.4. The highest BCUT2D eigenvalue weighted by Crippen LogP contribution is 2.42. The average molecular weight is 602 g/mol. The van der Waals surface area contributed by atoms with Gasteiger partial charge in [0.25, 0.3) is 0 Å². The largest absolute Gasteiger partial charge is 0.455 e. The van der Waals surface area contributed by atoms with Crippen LogP contribution in [0.1, 0.15) is 0 Å². The average Bonchev–Trinajstić information content (AvgIpc) is 3.82. The lowest BCUT2D eigenvalue weighted by atomic mass is 10.00. The molecule has 0 fully saturated rings. The van der Waals surface area contributed by atoms with Crippen LogP contribution < -0.4 is 0 Å². The third-order valence-electron chi connectivity index (χ3n) is 9.33. The van der Waals surface area contributed by atoms with E-state index < -0.39 is 0 Å². The Balaban J connectivity index is 1.22. The monoisotopic (exact) mass is 601 g/mol. The smallest absolute Gasteiger partial charge is 0.145 e. The van der Waals surface area contributed by atoms with Crippen molar-refractivity contribution >= 4 is 54.8 Å². The number of fused-ring (bicyclic) bond motifs is 7. The van der Waals surface area contributed by atoms with E-state index in [9.17, 15) is 0 Å². The van der Waals surface area contributed by atoms with Crippen molar-refractivity contribution in [1.82, 2.24) is 14.1 Å². The Morgan fingerprint density at radius 2 is 1.17 bits per heavy atom. The first-order valence-electron chi connectivity index (χ1n) is 15.9. The highest BCUT2D eigenvalue weighted by Gasteiger charge is 2.21. The van der Waals surface area contributed by atoms with E-state index in [1.54, 1.807) is 0 Å². The van der Waals surface area contributed by atoms with Crippen molar-refractivity contribution in [3.05, 3.63) is 164 Å². The summed E-state index contributed by atoms with van der Waals surface area (Å²) in [6.07, 6.45) is 0. The van der Waals surface area contributed by atoms with E-state index in [1.165, 1.54) is 21.8 Å². The summed E-state index contributed by atoms with van der Waals surface area (Å²) in [6.45, 7) is 0. The molecule has 0 unspecified atom stereocenters. The predicted molar refractivity (Wildman–Crippen MR) is 194 cm³/mol. The highest BCUT2D eigenvalue weighted by atomic mass is 16.3. The van der Waals surface area contributed by atoms with Gasteiger partial charge in [-0.1, -0.05) is 109 Å². The van der Waals surface area contributed by atoms with E-state index in [0.29, 0.717) is 0 Å². The molecular formula is C43H27N3O. The van der Waals surface area contributed by atoms with Gasteiger partial charge in [0.1, 0.15) is 17.0 Å². The molecule has 4 nitrogen and oxygen atoms in total. The van der Waals surface area contributed by atoms with Gasteiger partial charge in [-0.2, -0.15) is 0 Å². The van der Waals surface area contributed by atoms with Crippen LogP contribution in [0.5, 0.6) is 0 Å². The molecule has 10 rings (SSSR count). The van der Waals surface area contributed by atoms with Crippen molar-refractivity contribution in [2.45, 2.75) is 0 Å². The number of rotatable bonds is 4. The van der Waals surface area contributed by atoms with Gasteiger partial charge in [0.2, 0.25) is 0 Å². The van der Waals surface area contributed by atoms with Crippen LogP contribution in [0, 0.1) is 0 Å². The molecule has 220 valence electrons. The minimum Gasteiger partial charge on any atom is -0.455 e. The van der Waals surface area contributed by atoms with Gasteiger partial charge in [-0.15, -0.1) is 0 Å². The first kappa shape index (κ1) is 25.9. The van der Waals surface area contributed by atoms with Crippen molar-refractivity contribution in [1.29, 1.82) is 0 Å². The van der Waals surface area contributed by atoms with E-state index in [0.717, 1.165) is 66.9 Å². The number of furan rings is 1. The molecule has 0 saturated heterocycles. The fraction of sp³-hybridized carbons (Fsp3) is 0. The Morgan fingerprint density at radius 1 is 0.468 bits per heavy atom. The van der Waals surface area contributed by atoms with E-state index in [-0.39, 0.29) is 0 Å². The third-order valence-corrected chi connectivity index (χ3v) is 9.33. The SMILES string of the molecule is c1ccc(-c2nc3ccccc3n2-c2cccc3oc4c(-c5ccc6c(c5)c5ccccc5n6-c5ccccc5)cccc4c23)cc1. The molecule has 0 bridgehead atoms. The van der Waals surface area contributed by atoms with Gasteiger partial charge in [0.05, 0.1) is 33.1 Å². The number of hydrogen-bond donors (Lipinski definition) is 0. The first-order chi connectivity index (χ1) is 23.3. The molecule has 0 aliphatic heterocycles. The summed E-state index contributed by atoms with van der Waals surface area (Å²) in [5.41, 5.74) is 11.6. The summed E-state index contributed by atoms with van der Waals surface area (Å²) in [6, 6.07) is 57.6. The molecule has 3 aromatic heterocycles. The highest BCUT2D eigenvalue weighted by molar-refractivity contribution is 6.15. The molecule has 0 saturated carbocycles. The Morgan fingerprint density at radius 3 is 2.04 bits per heavy atom. The molecular weight excluding hydrogens is 574 g/mol. The summed E-state index contributed by atoms with van der Waals surface area (Å²) >= 11 is 0. The first-order valence-corrected chi connectivity index (χ1v) is 15.9. The van der Waals surface area contributed by atoms with Crippen molar-refractivity contribution in [2.75, 3.05) is 0 Å². The zero-order valence-electron chi connectivity index (χ0n) is 25.3. The van der Waals surface area contributed by atoms with Crippen LogP contribution in [0.25, 0.3) is 88.7 Å². The standard InChI is InChI=1S/C43H27N3O/c1-3-13-28(14-4-1)43-44-35-20-8-10-22-38(35)46(43)39-23-12-24-40-41(39)33-19-11-18-31(42(33)47-40)29-25-26-37-34(27-29)32-17-7-9-21-36(32)45(37)30-15-5-2-6-16-30/h1-27H. The Kier molecular flexibility index (Phi) is 5.54. The number of nitrogens with zero attached hydrogens (tertiary/aromatic N) is 3. The summed E-state index contributed by atoms with van der Waals surface area (Å²) in [4.78, 5) is 5.10. The fourth-order valence-electron chi connectivity index (χ4n) is 7.29. The zero-order valence-corrected chi connectivity index (χ0v) is 25.3. The molecule has 0 amide bonds. The summed E-state index contributed by atoms with van der Waals surface area (Å²) < 4.78 is 11.4. The van der Waals surface area contributed by atoms with E-state index in [1.807, 2.05) is 12.1 Å². The molecule has 0 atom stereocenters. The van der Waals surface area contributed by atoms with Gasteiger partial charge >= 0.3 is 0 Å². The second kappa shape index (κ2) is 10.1. The van der Waals surface area contributed by atoms with Crippen LogP contribution in [0.15, 0.2) is 168 Å². The quantitative estimate of drug-likeness (QED) is 0.201. The second-order valence-corrected chi connectivity index (χ2v) is 12.0. The molecule has 0 aliphatic carbocycles. The van der Waals surface area contributed by atoms with E-state index in [4.69, 9.17) is 9.40 Å². The maximum Gasteiger partial charge on any atom is 0.145 e. The van der Waals surface area contributed by atoms with Crippen LogP contribution >= 0.6 is 0 Å². The van der Waals surface area contributed by atoms with E-state index >= 15 is 0 Å². The Bertz CT molecular complexity index is 2780. The number of para-hydroxylation sites is 5. The van der Waals surface area contributed by atoms with Gasteiger partial charge in [-0.25, -0.2) is 4.98 Å². The number of benzene rings is 7. The lowest BCUT2D eigenvalue weighted by molar-refractivity contribution is 0.670. The van der Waals surface area contributed by atoms with Crippen molar-refractivity contribution in [3.8, 4) is 33.9 Å². The van der Waals surface area contributed by atoms with Crippen LogP contribution in [0.3, 0.4) is 0 Å². The molecule has 4 heteroatoms. The molecule has 0 N–H and O–H groups in total. The second-order valence-electron chi connectivity index (χ2n) is 12.0. The minimum atomic E-state index is 0.850. The normalized spacial score (nSPS) is 11.8. The number of imidazole rings is 1. The molecule has 3 heterocycles. The van der Waals surface area contributed by atoms with Gasteiger partial charge in [-0.05, 0) is 60.2 Å². The molecule has 10 aromatic rings. The zero-order chi connectivity index (χ0) is 30.9. The van der Waals surface area contributed by atoms with Crippen LogP contribution in [-0.4, -0.2) is 14.1 Å². The number of aromatic nitrogens is 3. The van der Waals surface area contributed by atoms with Gasteiger partial charge < -0.3 is 8.98 Å². The molecule has 7 aromatic carbocycles. The lowest BCUT2D eigenvalue weighted by Gasteiger charge is -2.11.